The van der Waals surface area contributed by atoms with Gasteiger partial charge in [-0.2, -0.15) is 5.26 Å². The number of nitrogens with zero attached hydrogens (tertiary/aromatic N) is 3. The average Bonchev–Trinajstić information content (AvgIpc) is 3.78. The first kappa shape index (κ1) is 31.8. The summed E-state index contributed by atoms with van der Waals surface area (Å²) in [5, 5.41) is 13.1. The number of nitriles is 1. The van der Waals surface area contributed by atoms with Gasteiger partial charge < -0.3 is 15.0 Å². The van der Waals surface area contributed by atoms with E-state index in [0.717, 1.165) is 64.0 Å². The van der Waals surface area contributed by atoms with Crippen molar-refractivity contribution in [3.63, 3.8) is 0 Å². The van der Waals surface area contributed by atoms with Gasteiger partial charge in [-0.25, -0.2) is 9.78 Å². The van der Waals surface area contributed by atoms with Crippen LogP contribution in [-0.4, -0.2) is 30.0 Å². The Morgan fingerprint density at radius 2 is 1.81 bits per heavy atom. The van der Waals surface area contributed by atoms with Crippen LogP contribution in [0.25, 0.3) is 15.6 Å². The highest BCUT2D eigenvalue weighted by atomic mass is 32.1. The number of anilines is 4. The van der Waals surface area contributed by atoms with Crippen molar-refractivity contribution < 1.29 is 14.3 Å². The van der Waals surface area contributed by atoms with Crippen molar-refractivity contribution in [1.29, 1.82) is 5.26 Å². The van der Waals surface area contributed by atoms with Crippen LogP contribution >= 0.6 is 22.7 Å². The summed E-state index contributed by atoms with van der Waals surface area (Å²) in [6.07, 6.45) is 5.46. The van der Waals surface area contributed by atoms with E-state index in [1.807, 2.05) is 18.2 Å². The fourth-order valence-electron chi connectivity index (χ4n) is 5.30. The molecule has 3 N–H and O–H groups in total. The minimum Gasteiger partial charge on any atom is -0.462 e. The molecule has 2 aromatic heterocycles. The molecule has 9 nitrogen and oxygen atoms in total. The van der Waals surface area contributed by atoms with E-state index in [1.54, 1.807) is 30.3 Å². The highest BCUT2D eigenvalue weighted by Gasteiger charge is 2.20. The van der Waals surface area contributed by atoms with Gasteiger partial charge in [-0.05, 0) is 78.6 Å². The number of rotatable bonds is 13. The van der Waals surface area contributed by atoms with Crippen LogP contribution < -0.4 is 21.1 Å². The number of carbonyl (C=O) groups is 2. The van der Waals surface area contributed by atoms with Crippen molar-refractivity contribution in [2.45, 2.75) is 39.2 Å². The Labute approximate surface area is 281 Å². The molecule has 0 atom stereocenters. The van der Waals surface area contributed by atoms with Gasteiger partial charge in [0, 0.05) is 29.3 Å². The summed E-state index contributed by atoms with van der Waals surface area (Å²) < 4.78 is 6.23. The van der Waals surface area contributed by atoms with Crippen LogP contribution in [0.5, 0.6) is 0 Å². The minimum atomic E-state index is -0.531. The fraction of sp³-hybridized carbons (Fsp3) is 0.222. The van der Waals surface area contributed by atoms with Gasteiger partial charge in [0.1, 0.15) is 16.5 Å². The van der Waals surface area contributed by atoms with Crippen LogP contribution in [0.4, 0.5) is 22.2 Å². The number of esters is 1. The number of thiophene rings is 1. The summed E-state index contributed by atoms with van der Waals surface area (Å²) in [5.41, 5.74) is 12.2. The number of ether oxygens (including phenoxy) is 1. The van der Waals surface area contributed by atoms with Gasteiger partial charge in [-0.3, -0.25) is 15.6 Å². The van der Waals surface area contributed by atoms with Crippen molar-refractivity contribution >= 4 is 72.4 Å². The van der Waals surface area contributed by atoms with E-state index in [9.17, 15) is 14.9 Å². The van der Waals surface area contributed by atoms with Crippen molar-refractivity contribution in [2.75, 3.05) is 34.2 Å². The Balaban J connectivity index is 1.03. The minimum absolute atomic E-state index is 0.0303. The smallest absolute Gasteiger partial charge is 0.338 e. The molecule has 0 fully saturated rings. The number of hydrogen-bond acceptors (Lipinski definition) is 10. The lowest BCUT2D eigenvalue weighted by Crippen LogP contribution is -2.19. The van der Waals surface area contributed by atoms with Crippen LogP contribution in [0, 0.1) is 11.3 Å². The predicted octanol–water partition coefficient (Wildman–Crippen LogP) is 8.25. The highest BCUT2D eigenvalue weighted by Crippen LogP contribution is 2.35. The zero-order chi connectivity index (χ0) is 32.6. The van der Waals surface area contributed by atoms with Crippen LogP contribution in [0.3, 0.4) is 0 Å². The number of benzene rings is 3. The number of thiazole rings is 1. The third-order valence-corrected chi connectivity index (χ3v) is 9.74. The summed E-state index contributed by atoms with van der Waals surface area (Å²) in [4.78, 5) is 33.7. The maximum Gasteiger partial charge on any atom is 0.338 e. The normalized spacial score (nSPS) is 12.4. The van der Waals surface area contributed by atoms with E-state index in [1.165, 1.54) is 39.5 Å². The molecule has 11 heteroatoms. The third-order valence-electron chi connectivity index (χ3n) is 7.72. The molecule has 0 radical (unpaired) electrons. The molecular weight excluding hydrogens is 629 g/mol. The van der Waals surface area contributed by atoms with Gasteiger partial charge in [-0.1, -0.05) is 61.4 Å². The second kappa shape index (κ2) is 14.9. The lowest BCUT2D eigenvalue weighted by Gasteiger charge is -2.20. The summed E-state index contributed by atoms with van der Waals surface area (Å²) in [6.45, 7) is 4.38. The second-order valence-corrected chi connectivity index (χ2v) is 13.2. The molecule has 6 rings (SSSR count). The second-order valence-electron chi connectivity index (χ2n) is 11.1. The van der Waals surface area contributed by atoms with Gasteiger partial charge in [0.25, 0.3) is 5.91 Å². The maximum atomic E-state index is 12.8. The standard InChI is InChI=1S/C36H34N6O3S2/c1-2-3-7-18-45-35(44)25-10-12-28(13-11-25)38-33(43)27(22-37)20-30-21-32-34(46-30)39-36(47-32)41-40-29-14-15-31-26(19-29)16-17-42(31)23-24-8-5-4-6-9-24/h4-6,8-15,19-21,40H,2-3,7,16-18,23H2,1H3,(H,38,43)(H,39,41)/b27-20+. The number of aromatic nitrogens is 1. The van der Waals surface area contributed by atoms with Gasteiger partial charge in [0.05, 0.1) is 22.6 Å². The Morgan fingerprint density at radius 3 is 2.57 bits per heavy atom. The number of hydrazine groups is 1. The molecule has 1 aliphatic rings. The summed E-state index contributed by atoms with van der Waals surface area (Å²) in [6, 6.07) is 27.3. The fourth-order valence-corrected chi connectivity index (χ4v) is 7.32. The quantitative estimate of drug-likeness (QED) is 0.0379. The molecule has 3 aromatic carbocycles. The number of unbranched alkanes of at least 4 members (excludes halogenated alkanes) is 2. The predicted molar refractivity (Wildman–Crippen MR) is 191 cm³/mol. The van der Waals surface area contributed by atoms with Crippen molar-refractivity contribution in [1.82, 2.24) is 4.98 Å². The Kier molecular flexibility index (Phi) is 10.1. The summed E-state index contributed by atoms with van der Waals surface area (Å²) in [7, 11) is 0. The molecule has 5 aromatic rings. The average molecular weight is 663 g/mol. The molecular formula is C36H34N6O3S2. The molecule has 1 amide bonds. The number of nitrogens with one attached hydrogen (secondary N) is 3. The van der Waals surface area contributed by atoms with Crippen molar-refractivity contribution in [2.24, 2.45) is 0 Å². The number of carbonyl (C=O) groups excluding carboxylic acids is 2. The molecule has 0 saturated heterocycles. The lowest BCUT2D eigenvalue weighted by molar-refractivity contribution is -0.112. The van der Waals surface area contributed by atoms with Gasteiger partial charge in [0.2, 0.25) is 5.13 Å². The lowest BCUT2D eigenvalue weighted by atomic mass is 10.1. The number of amides is 1. The maximum absolute atomic E-state index is 12.8. The molecule has 0 bridgehead atoms. The Morgan fingerprint density at radius 1 is 1.00 bits per heavy atom. The molecule has 0 unspecified atom stereocenters. The Hall–Kier alpha value is -5.18. The van der Waals surface area contributed by atoms with Crippen molar-refractivity contribution in [3.8, 4) is 6.07 Å². The summed E-state index contributed by atoms with van der Waals surface area (Å²) in [5.74, 6) is -0.928. The van der Waals surface area contributed by atoms with Gasteiger partial charge in [-0.15, -0.1) is 11.3 Å². The highest BCUT2D eigenvalue weighted by molar-refractivity contribution is 7.29. The summed E-state index contributed by atoms with van der Waals surface area (Å²) >= 11 is 2.89. The largest absolute Gasteiger partial charge is 0.462 e. The van der Waals surface area contributed by atoms with E-state index in [4.69, 9.17) is 4.74 Å². The van der Waals surface area contributed by atoms with Gasteiger partial charge in [0.15, 0.2) is 0 Å². The number of fused-ring (bicyclic) bond motifs is 2. The Bertz CT molecular complexity index is 1910. The monoisotopic (exact) mass is 662 g/mol. The first-order chi connectivity index (χ1) is 23.0. The molecule has 0 saturated carbocycles. The van der Waals surface area contributed by atoms with Crippen molar-refractivity contribution in [3.05, 3.63) is 106 Å². The molecule has 0 spiro atoms. The SMILES string of the molecule is CCCCCOC(=O)c1ccc(NC(=O)/C(C#N)=C/c2cc3sc(NNc4ccc5c(c4)CCN5Cc4ccccc4)nc3s2)cc1. The first-order valence-electron chi connectivity index (χ1n) is 15.5. The van der Waals surface area contributed by atoms with E-state index >= 15 is 0 Å². The van der Waals surface area contributed by atoms with Gasteiger partial charge >= 0.3 is 5.97 Å². The van der Waals surface area contributed by atoms with Crippen LogP contribution in [-0.2, 0) is 22.5 Å². The van der Waals surface area contributed by atoms with E-state index in [-0.39, 0.29) is 5.57 Å². The number of hydrogen-bond donors (Lipinski definition) is 3. The van der Waals surface area contributed by atoms with E-state index in [2.05, 4.69) is 75.4 Å². The van der Waals surface area contributed by atoms with Crippen LogP contribution in [0.15, 0.2) is 84.4 Å². The van der Waals surface area contributed by atoms with E-state index in [0.29, 0.717) is 17.9 Å². The molecule has 47 heavy (non-hydrogen) atoms. The van der Waals surface area contributed by atoms with E-state index < -0.39 is 11.9 Å². The molecule has 3 heterocycles. The van der Waals surface area contributed by atoms with Crippen LogP contribution in [0.2, 0.25) is 0 Å². The zero-order valence-corrected chi connectivity index (χ0v) is 27.5. The molecule has 1 aliphatic heterocycles. The first-order valence-corrected chi connectivity index (χ1v) is 17.2. The zero-order valence-electron chi connectivity index (χ0n) is 25.9. The third kappa shape index (κ3) is 7.98. The van der Waals surface area contributed by atoms with Crippen LogP contribution in [0.1, 0.15) is 52.5 Å². The topological polar surface area (TPSA) is 119 Å². The molecule has 0 aliphatic carbocycles. The molecule has 238 valence electrons.